The summed E-state index contributed by atoms with van der Waals surface area (Å²) in [6.45, 7) is 40.7. The molecule has 0 spiro atoms. The van der Waals surface area contributed by atoms with Gasteiger partial charge in [-0.2, -0.15) is 10.2 Å². The van der Waals surface area contributed by atoms with Crippen LogP contribution in [0.4, 0.5) is 9.59 Å². The van der Waals surface area contributed by atoms with Crippen molar-refractivity contribution in [1.29, 1.82) is 0 Å². The van der Waals surface area contributed by atoms with Crippen LogP contribution >= 0.6 is 0 Å². The summed E-state index contributed by atoms with van der Waals surface area (Å²) >= 11 is 0. The maximum absolute atomic E-state index is 14.5. The van der Waals surface area contributed by atoms with Gasteiger partial charge in [0.1, 0.15) is 66.3 Å². The molecule has 5 N–H and O–H groups in total. The molecule has 10 rings (SSSR count). The molecule has 0 saturated carbocycles. The van der Waals surface area contributed by atoms with Gasteiger partial charge in [-0.1, -0.05) is 119 Å². The van der Waals surface area contributed by atoms with Crippen LogP contribution in [0.1, 0.15) is 159 Å². The molecule has 22 nitrogen and oxygen atoms in total. The number of alkyl carbamates (subject to hydrolysis) is 2. The monoisotopic (exact) mass is 1430 g/mol. The van der Waals surface area contributed by atoms with Gasteiger partial charge in [0.2, 0.25) is 0 Å². The van der Waals surface area contributed by atoms with Gasteiger partial charge in [-0.05, 0) is 172 Å². The summed E-state index contributed by atoms with van der Waals surface area (Å²) in [6.07, 6.45) is 6.69. The summed E-state index contributed by atoms with van der Waals surface area (Å²) in [5.74, 6) is 5.11. The lowest BCUT2D eigenvalue weighted by Crippen LogP contribution is -2.60. The second-order valence-electron chi connectivity index (χ2n) is 33.3. The van der Waals surface area contributed by atoms with Crippen molar-refractivity contribution in [2.45, 2.75) is 234 Å². The summed E-state index contributed by atoms with van der Waals surface area (Å²) in [6, 6.07) is 19.8. The van der Waals surface area contributed by atoms with Gasteiger partial charge >= 0.3 is 24.1 Å². The molecule has 102 heavy (non-hydrogen) atoms. The van der Waals surface area contributed by atoms with Gasteiger partial charge < -0.3 is 39.1 Å². The molecule has 24 heteroatoms. The number of hydrogen-bond donors (Lipinski definition) is 5. The molecule has 4 aliphatic rings. The highest BCUT2D eigenvalue weighted by Gasteiger charge is 2.47. The third-order valence-electron chi connectivity index (χ3n) is 18.5. The fourth-order valence-corrected chi connectivity index (χ4v) is 19.7. The van der Waals surface area contributed by atoms with Crippen molar-refractivity contribution in [2.75, 3.05) is 26.3 Å². The molecule has 4 atom stereocenters. The van der Waals surface area contributed by atoms with Crippen molar-refractivity contribution in [3.8, 4) is 57.6 Å². The number of ether oxygens (including phenoxy) is 4. The zero-order valence-electron chi connectivity index (χ0n) is 63.2. The number of aromatic nitrogens is 4. The number of carbonyl (C=O) groups excluding carboxylic acids is 6. The molecule has 4 amide bonds. The largest absolute Gasteiger partial charge is 0.543 e. The van der Waals surface area contributed by atoms with Gasteiger partial charge in [-0.25, -0.2) is 20.4 Å². The number of aromatic hydroxyl groups is 1. The first-order chi connectivity index (χ1) is 47.6. The summed E-state index contributed by atoms with van der Waals surface area (Å²) in [5, 5.41) is 30.6. The van der Waals surface area contributed by atoms with Crippen molar-refractivity contribution in [3.63, 3.8) is 0 Å². The Bertz CT molecular complexity index is 4230. The van der Waals surface area contributed by atoms with Gasteiger partial charge in [-0.3, -0.25) is 38.6 Å². The Labute approximate surface area is 603 Å². The molecule has 548 valence electrons. The van der Waals surface area contributed by atoms with Gasteiger partial charge in [0.25, 0.3) is 20.1 Å². The number of hydrazine groups is 2. The van der Waals surface area contributed by atoms with Crippen LogP contribution in [0.25, 0.3) is 44.1 Å². The van der Waals surface area contributed by atoms with E-state index in [2.05, 4.69) is 149 Å². The first-order valence-corrected chi connectivity index (χ1v) is 41.4. The van der Waals surface area contributed by atoms with Crippen molar-refractivity contribution in [1.82, 2.24) is 51.1 Å². The lowest BCUT2D eigenvalue weighted by Gasteiger charge is -2.42. The van der Waals surface area contributed by atoms with Crippen LogP contribution in [0.2, 0.25) is 36.3 Å². The molecule has 6 aromatic rings. The van der Waals surface area contributed by atoms with E-state index in [0.717, 1.165) is 55.5 Å². The maximum atomic E-state index is 14.5. The summed E-state index contributed by atoms with van der Waals surface area (Å²) in [4.78, 5) is 81.3. The molecule has 2 saturated heterocycles. The van der Waals surface area contributed by atoms with Crippen molar-refractivity contribution in [2.24, 2.45) is 10.8 Å². The normalized spacial score (nSPS) is 20.0. The van der Waals surface area contributed by atoms with E-state index in [4.69, 9.17) is 34.9 Å². The zero-order valence-corrected chi connectivity index (χ0v) is 65.2. The quantitative estimate of drug-likeness (QED) is 0.0431. The van der Waals surface area contributed by atoms with E-state index in [1.54, 1.807) is 53.7 Å². The number of rotatable bonds is 7. The Morgan fingerprint density at radius 2 is 1.06 bits per heavy atom. The number of nitrogens with zero attached hydrogens (tertiary/aromatic N) is 6. The number of terminal acetylenes is 1. The number of amides is 4. The SMILES string of the molecule is C#Cc1nn2c3cc(ccc13)-c1cc(O)cc(c1)C[C@H](NC(=O)OC(C)(C)C)C(=O)N1CCC[C@H](N1)C(=O)OCC(C)(C)C2.CC(C)[Si](Oc1cc2cc(c1)-c1ccc3c(C#C[Si](C)(C)C)nn(c3c1)CC(C)(C)COC(=O)[C@@H]1CCCN(N1)C(=O)[C@@H](NC(=O)OC(C)(C)C)C2)(C(C)C)C(C)C. The van der Waals surface area contributed by atoms with Crippen LogP contribution in [0.5, 0.6) is 11.5 Å². The van der Waals surface area contributed by atoms with Gasteiger partial charge in [0.15, 0.2) is 0 Å². The number of hydrogen-bond acceptors (Lipinski definition) is 16. The minimum absolute atomic E-state index is 0.00771. The summed E-state index contributed by atoms with van der Waals surface area (Å²) in [7, 11) is -4.13. The maximum Gasteiger partial charge on any atom is 0.408 e. The minimum Gasteiger partial charge on any atom is -0.543 e. The number of phenolic OH excluding ortho intramolecular Hbond substituents is 1. The molecule has 0 radical (unpaired) electrons. The van der Waals surface area contributed by atoms with Crippen molar-refractivity contribution in [3.05, 3.63) is 95.3 Å². The fourth-order valence-electron chi connectivity index (χ4n) is 13.9. The standard InChI is InChI=1S/C45H67N5O6Si2.C33H39N5O6/c1-29(2)58(30(3)4,31(5)6)56-35-23-32-22-34(25-35)33-17-18-36-37(19-21-57(12,13)14)47-50(40(36)26-33)27-45(10,11)28-54-42(52)38-16-15-20-49(48-38)41(51)39(24-32)46-43(53)55-44(7,8)9;1-7-25-24-11-10-21-17-28(24)38(35-25)18-33(5,6)19-43-30(41)26-9-8-12-37(36-26)29(40)27(34-31(42)44-32(2,3)4)15-20-13-22(21)16-23(39)14-20/h17-18,22-23,25-26,29-31,38-39,48H,15-16,20,24,27-28H2,1-14H3,(H,46,53);1,10-11,13-14,16-17,26-27,36,39H,8-9,12,15,18-19H2,2-6H3,(H,34,42)/t38-,39-;26-,27-/m00/s1. The Morgan fingerprint density at radius 1 is 0.627 bits per heavy atom. The number of benzene rings is 4. The van der Waals surface area contributed by atoms with E-state index in [1.165, 1.54) is 10.0 Å². The smallest absolute Gasteiger partial charge is 0.408 e. The lowest BCUT2D eigenvalue weighted by molar-refractivity contribution is -0.156. The lowest BCUT2D eigenvalue weighted by atomic mass is 9.94. The molecule has 2 fully saturated rings. The molecule has 4 aromatic carbocycles. The van der Waals surface area contributed by atoms with E-state index in [0.29, 0.717) is 85.3 Å². The van der Waals surface area contributed by atoms with E-state index in [9.17, 15) is 33.9 Å². The Kier molecular flexibility index (Phi) is 23.3. The third kappa shape index (κ3) is 19.3. The van der Waals surface area contributed by atoms with E-state index >= 15 is 0 Å². The topological polar surface area (TPSA) is 259 Å². The minimum atomic E-state index is -2.41. The highest BCUT2D eigenvalue weighted by molar-refractivity contribution is 6.84. The van der Waals surface area contributed by atoms with E-state index in [-0.39, 0.29) is 37.7 Å². The second kappa shape index (κ2) is 30.7. The first kappa shape index (κ1) is 77.5. The van der Waals surface area contributed by atoms with Gasteiger partial charge in [-0.15, -0.1) is 12.0 Å². The molecular weight excluding hydrogens is 1330 g/mol. The molecule has 0 aliphatic carbocycles. The van der Waals surface area contributed by atoms with Crippen molar-refractivity contribution < 1.29 is 57.2 Å². The average molecular weight is 1430 g/mol. The predicted octanol–water partition coefficient (Wildman–Crippen LogP) is 12.9. The van der Waals surface area contributed by atoms with Crippen LogP contribution < -0.4 is 25.9 Å². The number of nitrogens with one attached hydrogen (secondary N) is 4. The fraction of sp³-hybridized carbons (Fsp3) is 0.538. The number of cyclic esters (lactones) is 2. The predicted molar refractivity (Wildman–Crippen MR) is 401 cm³/mol. The highest BCUT2D eigenvalue weighted by atomic mass is 28.4. The van der Waals surface area contributed by atoms with E-state index < -0.39 is 92.6 Å². The molecule has 6 heterocycles. The Balaban J connectivity index is 0.000000246. The molecule has 4 aliphatic heterocycles. The first-order valence-electron chi connectivity index (χ1n) is 35.7. The van der Waals surface area contributed by atoms with Gasteiger partial charge in [0.05, 0.1) is 37.3 Å². The molecule has 2 aromatic heterocycles. The average Bonchev–Trinajstić information content (AvgIpc) is 1.52. The van der Waals surface area contributed by atoms with Crippen LogP contribution in [0, 0.1) is 34.6 Å². The number of carbonyl (C=O) groups is 6. The van der Waals surface area contributed by atoms with Gasteiger partial charge in [0, 0.05) is 47.5 Å². The van der Waals surface area contributed by atoms with Crippen LogP contribution in [0.3, 0.4) is 0 Å². The molecular formula is C78H106N10O12Si2. The van der Waals surface area contributed by atoms with Crippen molar-refractivity contribution >= 4 is 74.1 Å². The van der Waals surface area contributed by atoms with Crippen LogP contribution in [-0.2, 0) is 64.1 Å². The van der Waals surface area contributed by atoms with Crippen LogP contribution in [-0.4, -0.2) is 149 Å². The Hall–Kier alpha value is -8.69. The second-order valence-corrected chi connectivity index (χ2v) is 43.4. The van der Waals surface area contributed by atoms with Crippen LogP contribution in [0.15, 0.2) is 72.8 Å². The summed E-state index contributed by atoms with van der Waals surface area (Å²) < 4.78 is 34.0. The number of phenols is 1. The number of esters is 2. The third-order valence-corrected chi connectivity index (χ3v) is 25.4. The van der Waals surface area contributed by atoms with E-state index in [1.807, 2.05) is 53.5 Å². The molecule has 12 bridgehead atoms. The number of fused-ring (bicyclic) bond motifs is 12. The Morgan fingerprint density at radius 3 is 1.49 bits per heavy atom. The summed E-state index contributed by atoms with van der Waals surface area (Å²) in [5.41, 5.74) is 15.8. The highest BCUT2D eigenvalue weighted by Crippen LogP contribution is 2.44. The molecule has 0 unspecified atom stereocenters. The zero-order chi connectivity index (χ0) is 74.8.